The van der Waals surface area contributed by atoms with E-state index in [4.69, 9.17) is 4.74 Å². The summed E-state index contributed by atoms with van der Waals surface area (Å²) in [5.41, 5.74) is 1.33. The van der Waals surface area contributed by atoms with Crippen LogP contribution in [-0.2, 0) is 20.9 Å². The maximum atomic E-state index is 12.5. The Morgan fingerprint density at radius 1 is 1.19 bits per heavy atom. The molecule has 0 aromatic heterocycles. The number of piperidine rings is 1. The minimum absolute atomic E-state index is 0.0661. The van der Waals surface area contributed by atoms with E-state index in [0.29, 0.717) is 19.1 Å². The van der Waals surface area contributed by atoms with Crippen molar-refractivity contribution in [1.29, 1.82) is 0 Å². The zero-order chi connectivity index (χ0) is 18.4. The molecule has 1 aromatic rings. The summed E-state index contributed by atoms with van der Waals surface area (Å²) in [6.07, 6.45) is 2.06. The van der Waals surface area contributed by atoms with E-state index in [2.05, 4.69) is 36.2 Å². The summed E-state index contributed by atoms with van der Waals surface area (Å²) in [5, 5.41) is 0. The van der Waals surface area contributed by atoms with Gasteiger partial charge in [-0.1, -0.05) is 30.3 Å². The molecule has 2 saturated heterocycles. The Balaban J connectivity index is 1.39. The van der Waals surface area contributed by atoms with Gasteiger partial charge in [0.25, 0.3) is 0 Å². The fourth-order valence-corrected chi connectivity index (χ4v) is 3.75. The molecule has 0 atom stereocenters. The lowest BCUT2D eigenvalue weighted by Gasteiger charge is -2.35. The standard InChI is InChI=1S/C20H29N3O3/c1-21(13-17-5-3-2-4-6-17)14-18-7-9-22(10-8-18)19(24)15-23-11-12-26-16-20(23)25/h2-6,18H,7-16H2,1H3. The van der Waals surface area contributed by atoms with Gasteiger partial charge >= 0.3 is 0 Å². The number of nitrogens with zero attached hydrogens (tertiary/aromatic N) is 3. The predicted octanol–water partition coefficient (Wildman–Crippen LogP) is 1.22. The summed E-state index contributed by atoms with van der Waals surface area (Å²) in [6.45, 7) is 4.93. The van der Waals surface area contributed by atoms with Crippen molar-refractivity contribution < 1.29 is 14.3 Å². The lowest BCUT2D eigenvalue weighted by Crippen LogP contribution is -2.49. The third-order valence-electron chi connectivity index (χ3n) is 5.24. The molecule has 0 aliphatic carbocycles. The van der Waals surface area contributed by atoms with Crippen molar-refractivity contribution in [2.45, 2.75) is 19.4 Å². The SMILES string of the molecule is CN(Cc1ccccc1)CC1CCN(C(=O)CN2CCOCC2=O)CC1. The van der Waals surface area contributed by atoms with Gasteiger partial charge < -0.3 is 19.4 Å². The lowest BCUT2D eigenvalue weighted by molar-refractivity contribution is -0.149. The van der Waals surface area contributed by atoms with Crippen LogP contribution in [0, 0.1) is 5.92 Å². The summed E-state index contributed by atoms with van der Waals surface area (Å²) >= 11 is 0. The van der Waals surface area contributed by atoms with Crippen molar-refractivity contribution in [2.75, 3.05) is 53.0 Å². The molecule has 0 unspecified atom stereocenters. The second-order valence-corrected chi connectivity index (χ2v) is 7.37. The minimum Gasteiger partial charge on any atom is -0.370 e. The van der Waals surface area contributed by atoms with E-state index < -0.39 is 0 Å². The second-order valence-electron chi connectivity index (χ2n) is 7.37. The molecule has 2 amide bonds. The third kappa shape index (κ3) is 5.29. The smallest absolute Gasteiger partial charge is 0.249 e. The van der Waals surface area contributed by atoms with Crippen LogP contribution < -0.4 is 0 Å². The van der Waals surface area contributed by atoms with Gasteiger partial charge in [-0.2, -0.15) is 0 Å². The van der Waals surface area contributed by atoms with E-state index in [9.17, 15) is 9.59 Å². The molecular formula is C20H29N3O3. The first-order valence-corrected chi connectivity index (χ1v) is 9.47. The highest BCUT2D eigenvalue weighted by Crippen LogP contribution is 2.19. The van der Waals surface area contributed by atoms with E-state index in [1.165, 1.54) is 5.56 Å². The molecule has 0 bridgehead atoms. The average molecular weight is 359 g/mol. The number of rotatable bonds is 6. The van der Waals surface area contributed by atoms with Crippen LogP contribution in [-0.4, -0.2) is 79.5 Å². The molecule has 6 nitrogen and oxygen atoms in total. The minimum atomic E-state index is -0.0815. The van der Waals surface area contributed by atoms with E-state index >= 15 is 0 Å². The molecule has 3 rings (SSSR count). The summed E-state index contributed by atoms with van der Waals surface area (Å²) in [5.74, 6) is 0.608. The van der Waals surface area contributed by atoms with Crippen molar-refractivity contribution in [3.63, 3.8) is 0 Å². The third-order valence-corrected chi connectivity index (χ3v) is 5.24. The average Bonchev–Trinajstić information content (AvgIpc) is 2.65. The van der Waals surface area contributed by atoms with Crippen LogP contribution in [0.1, 0.15) is 18.4 Å². The number of likely N-dealkylation sites (tertiary alicyclic amines) is 1. The second kappa shape index (κ2) is 9.14. The highest BCUT2D eigenvalue weighted by Gasteiger charge is 2.27. The Morgan fingerprint density at radius 2 is 1.92 bits per heavy atom. The van der Waals surface area contributed by atoms with Gasteiger partial charge in [-0.15, -0.1) is 0 Å². The van der Waals surface area contributed by atoms with Crippen LogP contribution in [0.5, 0.6) is 0 Å². The molecule has 2 aliphatic heterocycles. The molecule has 0 radical (unpaired) electrons. The van der Waals surface area contributed by atoms with Gasteiger partial charge in [0, 0.05) is 32.7 Å². The predicted molar refractivity (Wildman–Crippen MR) is 99.5 cm³/mol. The molecule has 0 N–H and O–H groups in total. The van der Waals surface area contributed by atoms with Crippen LogP contribution in [0.3, 0.4) is 0 Å². The summed E-state index contributed by atoms with van der Waals surface area (Å²) in [6, 6.07) is 10.5. The summed E-state index contributed by atoms with van der Waals surface area (Å²) in [4.78, 5) is 30.1. The monoisotopic (exact) mass is 359 g/mol. The zero-order valence-electron chi connectivity index (χ0n) is 15.6. The highest BCUT2D eigenvalue weighted by atomic mass is 16.5. The number of morpholine rings is 1. The number of amides is 2. The van der Waals surface area contributed by atoms with Gasteiger partial charge in [-0.05, 0) is 31.4 Å². The molecule has 0 spiro atoms. The maximum absolute atomic E-state index is 12.5. The first-order valence-electron chi connectivity index (χ1n) is 9.47. The first-order chi connectivity index (χ1) is 12.6. The molecule has 142 valence electrons. The van der Waals surface area contributed by atoms with Crippen molar-refractivity contribution in [3.8, 4) is 0 Å². The molecule has 2 fully saturated rings. The van der Waals surface area contributed by atoms with Crippen LogP contribution in [0.2, 0.25) is 0 Å². The van der Waals surface area contributed by atoms with Gasteiger partial charge in [0.05, 0.1) is 13.2 Å². The summed E-state index contributed by atoms with van der Waals surface area (Å²) in [7, 11) is 2.16. The molecule has 0 saturated carbocycles. The van der Waals surface area contributed by atoms with Crippen LogP contribution in [0.15, 0.2) is 30.3 Å². The Labute approximate surface area is 155 Å². The Kier molecular flexibility index (Phi) is 6.63. The van der Waals surface area contributed by atoms with Crippen LogP contribution in [0.25, 0.3) is 0 Å². The van der Waals surface area contributed by atoms with E-state index in [1.807, 2.05) is 11.0 Å². The quantitative estimate of drug-likeness (QED) is 0.766. The molecule has 6 heteroatoms. The maximum Gasteiger partial charge on any atom is 0.249 e. The van der Waals surface area contributed by atoms with Crippen molar-refractivity contribution >= 4 is 11.8 Å². The fourth-order valence-electron chi connectivity index (χ4n) is 3.75. The van der Waals surface area contributed by atoms with Gasteiger partial charge in [0.2, 0.25) is 11.8 Å². The van der Waals surface area contributed by atoms with Crippen molar-refractivity contribution in [3.05, 3.63) is 35.9 Å². The largest absolute Gasteiger partial charge is 0.370 e. The molecular weight excluding hydrogens is 330 g/mol. The van der Waals surface area contributed by atoms with E-state index in [1.54, 1.807) is 4.90 Å². The Hall–Kier alpha value is -1.92. The molecule has 26 heavy (non-hydrogen) atoms. The van der Waals surface area contributed by atoms with Crippen molar-refractivity contribution in [2.24, 2.45) is 5.92 Å². The number of hydrogen-bond acceptors (Lipinski definition) is 4. The Morgan fingerprint density at radius 3 is 2.62 bits per heavy atom. The zero-order valence-corrected chi connectivity index (χ0v) is 15.6. The molecule has 2 aliphatic rings. The molecule has 2 heterocycles. The normalized spacial score (nSPS) is 19.2. The number of carbonyl (C=O) groups is 2. The van der Waals surface area contributed by atoms with Gasteiger partial charge in [-0.3, -0.25) is 9.59 Å². The molecule has 1 aromatic carbocycles. The topological polar surface area (TPSA) is 53.1 Å². The van der Waals surface area contributed by atoms with E-state index in [-0.39, 0.29) is 25.0 Å². The number of ether oxygens (including phenoxy) is 1. The lowest BCUT2D eigenvalue weighted by atomic mass is 9.96. The number of benzene rings is 1. The highest BCUT2D eigenvalue weighted by molar-refractivity contribution is 5.85. The van der Waals surface area contributed by atoms with Crippen molar-refractivity contribution in [1.82, 2.24) is 14.7 Å². The van der Waals surface area contributed by atoms with E-state index in [0.717, 1.165) is 39.0 Å². The van der Waals surface area contributed by atoms with Gasteiger partial charge in [-0.25, -0.2) is 0 Å². The first kappa shape index (κ1) is 18.9. The van der Waals surface area contributed by atoms with Crippen LogP contribution in [0.4, 0.5) is 0 Å². The van der Waals surface area contributed by atoms with Gasteiger partial charge in [0.1, 0.15) is 6.61 Å². The van der Waals surface area contributed by atoms with Gasteiger partial charge in [0.15, 0.2) is 0 Å². The Bertz CT molecular complexity index is 600. The number of carbonyl (C=O) groups excluding carboxylic acids is 2. The summed E-state index contributed by atoms with van der Waals surface area (Å²) < 4.78 is 5.11. The number of hydrogen-bond donors (Lipinski definition) is 0. The fraction of sp³-hybridized carbons (Fsp3) is 0.600. The van der Waals surface area contributed by atoms with Crippen LogP contribution >= 0.6 is 0 Å².